The minimum Gasteiger partial charge on any atom is -0.378 e. The molecule has 28 heavy (non-hydrogen) atoms. The molecule has 0 aromatic carbocycles. The molecule has 2 aliphatic rings. The summed E-state index contributed by atoms with van der Waals surface area (Å²) in [6, 6.07) is 6.00. The Morgan fingerprint density at radius 2 is 1.68 bits per heavy atom. The number of morpholine rings is 1. The van der Waals surface area contributed by atoms with E-state index in [9.17, 15) is 4.79 Å². The molecule has 4 rings (SSSR count). The van der Waals surface area contributed by atoms with Gasteiger partial charge in [0.15, 0.2) is 11.6 Å². The third kappa shape index (κ3) is 4.24. The maximum atomic E-state index is 12.6. The summed E-state index contributed by atoms with van der Waals surface area (Å²) < 4.78 is 7.21. The van der Waals surface area contributed by atoms with Crippen LogP contribution in [-0.4, -0.2) is 83.3 Å². The Kier molecular flexibility index (Phi) is 5.70. The molecule has 0 saturated carbocycles. The Morgan fingerprint density at radius 3 is 2.25 bits per heavy atom. The summed E-state index contributed by atoms with van der Waals surface area (Å²) in [7, 11) is 0. The molecule has 2 saturated heterocycles. The van der Waals surface area contributed by atoms with Gasteiger partial charge in [-0.1, -0.05) is 0 Å². The van der Waals surface area contributed by atoms with Crippen LogP contribution in [0.15, 0.2) is 30.6 Å². The normalized spacial score (nSPS) is 19.0. The Balaban J connectivity index is 1.28. The molecule has 2 aliphatic heterocycles. The molecule has 2 aromatic rings. The van der Waals surface area contributed by atoms with Gasteiger partial charge in [0.05, 0.1) is 19.3 Å². The molecule has 1 amide bonds. The average molecular weight is 385 g/mol. The monoisotopic (exact) mass is 385 g/mol. The smallest absolute Gasteiger partial charge is 0.224 e. The zero-order valence-corrected chi connectivity index (χ0v) is 16.3. The van der Waals surface area contributed by atoms with Crippen molar-refractivity contribution in [2.75, 3.05) is 62.3 Å². The second kappa shape index (κ2) is 8.55. The van der Waals surface area contributed by atoms with E-state index in [-0.39, 0.29) is 11.9 Å². The van der Waals surface area contributed by atoms with Gasteiger partial charge in [-0.05, 0) is 25.1 Å². The molecule has 150 valence electrons. The molecule has 2 fully saturated rings. The first kappa shape index (κ1) is 18.7. The lowest BCUT2D eigenvalue weighted by molar-refractivity contribution is -0.132. The maximum absolute atomic E-state index is 12.6. The van der Waals surface area contributed by atoms with Crippen LogP contribution in [0, 0.1) is 0 Å². The summed E-state index contributed by atoms with van der Waals surface area (Å²) >= 11 is 0. The first-order valence-electron chi connectivity index (χ1n) is 9.89. The lowest BCUT2D eigenvalue weighted by atomic mass is 10.2. The highest BCUT2D eigenvalue weighted by Gasteiger charge is 2.24. The van der Waals surface area contributed by atoms with Crippen molar-refractivity contribution in [1.29, 1.82) is 0 Å². The van der Waals surface area contributed by atoms with Gasteiger partial charge in [0.2, 0.25) is 5.91 Å². The van der Waals surface area contributed by atoms with Crippen molar-refractivity contribution < 1.29 is 9.53 Å². The predicted molar refractivity (Wildman–Crippen MR) is 105 cm³/mol. The Labute approximate surface area is 164 Å². The van der Waals surface area contributed by atoms with Gasteiger partial charge in [-0.25, -0.2) is 0 Å². The fraction of sp³-hybridized carbons (Fsp3) is 0.579. The number of hydrogen-bond acceptors (Lipinski definition) is 7. The largest absolute Gasteiger partial charge is 0.378 e. The van der Waals surface area contributed by atoms with Crippen LogP contribution in [0.1, 0.15) is 19.4 Å². The van der Waals surface area contributed by atoms with Gasteiger partial charge in [0.1, 0.15) is 0 Å². The van der Waals surface area contributed by atoms with Crippen molar-refractivity contribution in [2.24, 2.45) is 0 Å². The summed E-state index contributed by atoms with van der Waals surface area (Å²) in [4.78, 5) is 18.9. The summed E-state index contributed by atoms with van der Waals surface area (Å²) in [5, 5.41) is 13.0. The van der Waals surface area contributed by atoms with Crippen LogP contribution in [0.5, 0.6) is 0 Å². The molecule has 2 aromatic heterocycles. The molecule has 0 unspecified atom stereocenters. The average Bonchev–Trinajstić information content (AvgIpc) is 3.30. The SMILES string of the molecule is C[C@@H](CC(=O)N1CCN(c2ccc(N3CCOCC3)nn2)CC1)n1cccn1. The van der Waals surface area contributed by atoms with E-state index in [1.54, 1.807) is 6.20 Å². The number of carbonyl (C=O) groups excluding carboxylic acids is 1. The van der Waals surface area contributed by atoms with Crippen LogP contribution in [0.2, 0.25) is 0 Å². The van der Waals surface area contributed by atoms with Crippen LogP contribution < -0.4 is 9.80 Å². The van der Waals surface area contributed by atoms with E-state index in [1.807, 2.05) is 40.9 Å². The highest BCUT2D eigenvalue weighted by Crippen LogP contribution is 2.18. The molecule has 0 radical (unpaired) electrons. The number of nitrogens with zero attached hydrogens (tertiary/aromatic N) is 7. The summed E-state index contributed by atoms with van der Waals surface area (Å²) in [5.41, 5.74) is 0. The van der Waals surface area contributed by atoms with E-state index in [2.05, 4.69) is 25.1 Å². The van der Waals surface area contributed by atoms with Crippen molar-refractivity contribution >= 4 is 17.5 Å². The number of ether oxygens (including phenoxy) is 1. The first-order valence-corrected chi connectivity index (χ1v) is 9.89. The number of carbonyl (C=O) groups is 1. The third-order valence-electron chi connectivity index (χ3n) is 5.37. The predicted octanol–water partition coefficient (Wildman–Crippen LogP) is 0.810. The van der Waals surface area contributed by atoms with E-state index >= 15 is 0 Å². The molecule has 0 spiro atoms. The molecule has 0 N–H and O–H groups in total. The minimum atomic E-state index is 0.0686. The lowest BCUT2D eigenvalue weighted by Crippen LogP contribution is -2.49. The highest BCUT2D eigenvalue weighted by atomic mass is 16.5. The highest BCUT2D eigenvalue weighted by molar-refractivity contribution is 5.77. The molecule has 0 aliphatic carbocycles. The van der Waals surface area contributed by atoms with Gasteiger partial charge < -0.3 is 19.4 Å². The Morgan fingerprint density at radius 1 is 1.04 bits per heavy atom. The second-order valence-electron chi connectivity index (χ2n) is 7.26. The molecule has 4 heterocycles. The van der Waals surface area contributed by atoms with E-state index in [1.165, 1.54) is 0 Å². The van der Waals surface area contributed by atoms with Crippen LogP contribution in [-0.2, 0) is 9.53 Å². The second-order valence-corrected chi connectivity index (χ2v) is 7.26. The molecule has 0 bridgehead atoms. The number of amides is 1. The van der Waals surface area contributed by atoms with Crippen LogP contribution in [0.4, 0.5) is 11.6 Å². The van der Waals surface area contributed by atoms with Gasteiger partial charge >= 0.3 is 0 Å². The van der Waals surface area contributed by atoms with Crippen molar-refractivity contribution in [3.63, 3.8) is 0 Å². The van der Waals surface area contributed by atoms with Crippen LogP contribution >= 0.6 is 0 Å². The summed E-state index contributed by atoms with van der Waals surface area (Å²) in [6.45, 7) is 8.15. The van der Waals surface area contributed by atoms with Crippen LogP contribution in [0.3, 0.4) is 0 Å². The number of hydrogen-bond donors (Lipinski definition) is 0. The van der Waals surface area contributed by atoms with Gasteiger partial charge in [-0.15, -0.1) is 10.2 Å². The van der Waals surface area contributed by atoms with E-state index in [0.29, 0.717) is 19.5 Å². The summed E-state index contributed by atoms with van der Waals surface area (Å²) in [6.07, 6.45) is 4.11. The quantitative estimate of drug-likeness (QED) is 0.753. The Bertz CT molecular complexity index is 751. The van der Waals surface area contributed by atoms with E-state index in [4.69, 9.17) is 4.74 Å². The van der Waals surface area contributed by atoms with Crippen molar-refractivity contribution in [3.05, 3.63) is 30.6 Å². The third-order valence-corrected chi connectivity index (χ3v) is 5.37. The van der Waals surface area contributed by atoms with E-state index < -0.39 is 0 Å². The molecule has 1 atom stereocenters. The van der Waals surface area contributed by atoms with Gasteiger partial charge in [0, 0.05) is 58.1 Å². The van der Waals surface area contributed by atoms with Gasteiger partial charge in [-0.2, -0.15) is 5.10 Å². The fourth-order valence-corrected chi connectivity index (χ4v) is 3.65. The lowest BCUT2D eigenvalue weighted by Gasteiger charge is -2.36. The van der Waals surface area contributed by atoms with Crippen LogP contribution in [0.25, 0.3) is 0 Å². The molecule has 9 heteroatoms. The van der Waals surface area contributed by atoms with Crippen molar-refractivity contribution in [3.8, 4) is 0 Å². The topological polar surface area (TPSA) is 79.6 Å². The molecule has 9 nitrogen and oxygen atoms in total. The van der Waals surface area contributed by atoms with E-state index in [0.717, 1.165) is 51.0 Å². The number of aromatic nitrogens is 4. The molecular weight excluding hydrogens is 358 g/mol. The van der Waals surface area contributed by atoms with Crippen molar-refractivity contribution in [2.45, 2.75) is 19.4 Å². The zero-order chi connectivity index (χ0) is 19.3. The maximum Gasteiger partial charge on any atom is 0.224 e. The fourth-order valence-electron chi connectivity index (χ4n) is 3.65. The standard InChI is InChI=1S/C19H27N7O2/c1-16(26-6-2-5-20-26)15-19(27)25-9-7-23(8-10-25)17-3-4-18(22-21-17)24-11-13-28-14-12-24/h2-6,16H,7-15H2,1H3/t16-/m0/s1. The van der Waals surface area contributed by atoms with Crippen molar-refractivity contribution in [1.82, 2.24) is 24.9 Å². The minimum absolute atomic E-state index is 0.0686. The summed E-state index contributed by atoms with van der Waals surface area (Å²) in [5.74, 6) is 1.94. The zero-order valence-electron chi connectivity index (χ0n) is 16.3. The molecular formula is C19H27N7O2. The number of rotatable bonds is 5. The number of anilines is 2. The number of piperazine rings is 1. The first-order chi connectivity index (χ1) is 13.7. The Hall–Kier alpha value is -2.68. The van der Waals surface area contributed by atoms with Gasteiger partial charge in [0.25, 0.3) is 0 Å². The van der Waals surface area contributed by atoms with Gasteiger partial charge in [-0.3, -0.25) is 9.48 Å².